The summed E-state index contributed by atoms with van der Waals surface area (Å²) in [5.41, 5.74) is 0.898. The van der Waals surface area contributed by atoms with E-state index >= 15 is 0 Å². The van der Waals surface area contributed by atoms with E-state index in [1.54, 1.807) is 0 Å². The van der Waals surface area contributed by atoms with Crippen molar-refractivity contribution in [2.24, 2.45) is 5.92 Å². The number of carbonyl (C=O) groups excluding carboxylic acids is 1. The van der Waals surface area contributed by atoms with E-state index in [4.69, 9.17) is 0 Å². The lowest BCUT2D eigenvalue weighted by molar-refractivity contribution is -0.148. The van der Waals surface area contributed by atoms with Crippen molar-refractivity contribution in [3.05, 3.63) is 34.3 Å². The van der Waals surface area contributed by atoms with Crippen molar-refractivity contribution < 1.29 is 14.7 Å². The van der Waals surface area contributed by atoms with E-state index in [9.17, 15) is 14.7 Å². The van der Waals surface area contributed by atoms with Crippen molar-refractivity contribution >= 4 is 43.7 Å². The van der Waals surface area contributed by atoms with Crippen molar-refractivity contribution in [3.8, 4) is 0 Å². The van der Waals surface area contributed by atoms with Gasteiger partial charge in [-0.25, -0.2) is 4.79 Å². The second kappa shape index (κ2) is 6.72. The zero-order valence-corrected chi connectivity index (χ0v) is 13.9. The molecule has 1 heterocycles. The lowest BCUT2D eigenvalue weighted by Gasteiger charge is -2.25. The van der Waals surface area contributed by atoms with Gasteiger partial charge >= 0.3 is 5.97 Å². The Morgan fingerprint density at radius 1 is 1.45 bits per heavy atom. The van der Waals surface area contributed by atoms with Gasteiger partial charge in [-0.15, -0.1) is 0 Å². The third-order valence-electron chi connectivity index (χ3n) is 3.49. The number of alkyl halides is 1. The summed E-state index contributed by atoms with van der Waals surface area (Å²) in [6.45, 7) is 0.505. The Hall–Kier alpha value is -0.880. The summed E-state index contributed by atoms with van der Waals surface area (Å²) < 4.78 is 0.870. The second-order valence-corrected chi connectivity index (χ2v) is 6.42. The zero-order chi connectivity index (χ0) is 14.7. The summed E-state index contributed by atoms with van der Waals surface area (Å²) >= 11 is 6.78. The van der Waals surface area contributed by atoms with Crippen LogP contribution in [0.3, 0.4) is 0 Å². The van der Waals surface area contributed by atoms with Crippen LogP contribution < -0.4 is 0 Å². The highest BCUT2D eigenvalue weighted by Crippen LogP contribution is 2.25. The fourth-order valence-corrected chi connectivity index (χ4v) is 3.30. The number of nitrogens with zero attached hydrogens (tertiary/aromatic N) is 1. The number of carboxylic acid groups (broad SMARTS) is 1. The summed E-state index contributed by atoms with van der Waals surface area (Å²) in [7, 11) is 0. The molecular weight excluding hydrogens is 390 g/mol. The molecule has 1 aromatic carbocycles. The van der Waals surface area contributed by atoms with E-state index in [1.165, 1.54) is 4.90 Å². The largest absolute Gasteiger partial charge is 0.480 e. The zero-order valence-electron chi connectivity index (χ0n) is 10.8. The first-order chi connectivity index (χ1) is 9.52. The molecule has 4 nitrogen and oxygen atoms in total. The Kier molecular flexibility index (Phi) is 5.21. The molecule has 2 rings (SSSR count). The summed E-state index contributed by atoms with van der Waals surface area (Å²) in [5, 5.41) is 10.2. The Morgan fingerprint density at radius 2 is 2.15 bits per heavy atom. The number of benzene rings is 1. The Morgan fingerprint density at radius 3 is 2.70 bits per heavy atom. The molecule has 1 aromatic rings. The van der Waals surface area contributed by atoms with E-state index in [-0.39, 0.29) is 11.8 Å². The average molecular weight is 405 g/mol. The van der Waals surface area contributed by atoms with Crippen LogP contribution in [-0.2, 0) is 16.0 Å². The van der Waals surface area contributed by atoms with Crippen LogP contribution in [0, 0.1) is 5.92 Å². The molecule has 1 aliphatic heterocycles. The van der Waals surface area contributed by atoms with Gasteiger partial charge in [0.15, 0.2) is 0 Å². The van der Waals surface area contributed by atoms with Crippen molar-refractivity contribution in [1.82, 2.24) is 4.90 Å². The highest BCUT2D eigenvalue weighted by atomic mass is 79.9. The standard InChI is InChI=1S/C14H15Br2NO3/c15-7-9-5-13(18)17(8-9)12(14(19)20)6-10-3-1-2-4-11(10)16/h1-4,9,12H,5-8H2,(H,19,20)/t9?,12-/m0/s1. The van der Waals surface area contributed by atoms with E-state index in [1.807, 2.05) is 24.3 Å². The van der Waals surface area contributed by atoms with Gasteiger partial charge in [-0.05, 0) is 17.5 Å². The maximum atomic E-state index is 12.0. The molecule has 1 fully saturated rings. The van der Waals surface area contributed by atoms with Gasteiger partial charge in [0.05, 0.1) is 0 Å². The first kappa shape index (κ1) is 15.5. The molecule has 0 aliphatic carbocycles. The van der Waals surface area contributed by atoms with Gasteiger partial charge in [-0.2, -0.15) is 0 Å². The van der Waals surface area contributed by atoms with E-state index in [0.29, 0.717) is 19.4 Å². The number of carbonyl (C=O) groups is 2. The minimum atomic E-state index is -0.954. The predicted octanol–water partition coefficient (Wildman–Crippen LogP) is 2.69. The van der Waals surface area contributed by atoms with E-state index < -0.39 is 12.0 Å². The molecule has 1 saturated heterocycles. The number of hydrogen-bond donors (Lipinski definition) is 1. The second-order valence-electron chi connectivity index (χ2n) is 4.92. The van der Waals surface area contributed by atoms with Gasteiger partial charge in [0, 0.05) is 29.2 Å². The fourth-order valence-electron chi connectivity index (χ4n) is 2.42. The average Bonchev–Trinajstić information content (AvgIpc) is 2.78. The molecule has 2 atom stereocenters. The molecule has 20 heavy (non-hydrogen) atoms. The molecule has 1 unspecified atom stereocenters. The Bertz CT molecular complexity index is 521. The SMILES string of the molecule is O=C(O)[C@H](Cc1ccccc1Br)N1CC(CBr)CC1=O. The predicted molar refractivity (Wildman–Crippen MR) is 82.9 cm³/mol. The number of amides is 1. The minimum Gasteiger partial charge on any atom is -0.480 e. The monoisotopic (exact) mass is 403 g/mol. The first-order valence-corrected chi connectivity index (χ1v) is 8.26. The van der Waals surface area contributed by atoms with Crippen molar-refractivity contribution in [2.75, 3.05) is 11.9 Å². The maximum Gasteiger partial charge on any atom is 0.326 e. The Balaban J connectivity index is 2.18. The van der Waals surface area contributed by atoms with Gasteiger partial charge in [0.1, 0.15) is 6.04 Å². The topological polar surface area (TPSA) is 57.6 Å². The molecule has 0 spiro atoms. The molecule has 1 N–H and O–H groups in total. The van der Waals surface area contributed by atoms with E-state index in [0.717, 1.165) is 15.4 Å². The minimum absolute atomic E-state index is 0.0751. The molecule has 0 bridgehead atoms. The summed E-state index contributed by atoms with van der Waals surface area (Å²) in [6, 6.07) is 6.70. The lowest BCUT2D eigenvalue weighted by Crippen LogP contribution is -2.43. The van der Waals surface area contributed by atoms with Crippen LogP contribution in [0.15, 0.2) is 28.7 Å². The lowest BCUT2D eigenvalue weighted by atomic mass is 10.0. The summed E-state index contributed by atoms with van der Waals surface area (Å²) in [6.07, 6.45) is 0.739. The number of carboxylic acids is 1. The van der Waals surface area contributed by atoms with Crippen LogP contribution in [0.1, 0.15) is 12.0 Å². The van der Waals surface area contributed by atoms with E-state index in [2.05, 4.69) is 31.9 Å². The number of rotatable bonds is 5. The highest BCUT2D eigenvalue weighted by molar-refractivity contribution is 9.10. The molecule has 6 heteroatoms. The highest BCUT2D eigenvalue weighted by Gasteiger charge is 2.37. The van der Waals surface area contributed by atoms with Crippen LogP contribution in [-0.4, -0.2) is 39.8 Å². The van der Waals surface area contributed by atoms with Crippen molar-refractivity contribution in [3.63, 3.8) is 0 Å². The van der Waals surface area contributed by atoms with Gasteiger partial charge < -0.3 is 10.0 Å². The molecular formula is C14H15Br2NO3. The van der Waals surface area contributed by atoms with Crippen molar-refractivity contribution in [1.29, 1.82) is 0 Å². The summed E-state index contributed by atoms with van der Waals surface area (Å²) in [4.78, 5) is 25.0. The molecule has 0 aromatic heterocycles. The maximum absolute atomic E-state index is 12.0. The van der Waals surface area contributed by atoms with Crippen LogP contribution in [0.25, 0.3) is 0 Å². The normalized spacial score (nSPS) is 20.2. The quantitative estimate of drug-likeness (QED) is 0.767. The first-order valence-electron chi connectivity index (χ1n) is 6.34. The smallest absolute Gasteiger partial charge is 0.326 e. The number of halogens is 2. The van der Waals surface area contributed by atoms with Crippen LogP contribution in [0.4, 0.5) is 0 Å². The molecule has 108 valence electrons. The molecule has 0 saturated carbocycles. The Labute approximate surface area is 134 Å². The third-order valence-corrected chi connectivity index (χ3v) is 5.18. The summed E-state index contributed by atoms with van der Waals surface area (Å²) in [5.74, 6) is -0.832. The number of aliphatic carboxylic acids is 1. The van der Waals surface area contributed by atoms with Gasteiger partial charge in [0.2, 0.25) is 5.91 Å². The van der Waals surface area contributed by atoms with Crippen LogP contribution >= 0.6 is 31.9 Å². The van der Waals surface area contributed by atoms with Crippen LogP contribution in [0.2, 0.25) is 0 Å². The van der Waals surface area contributed by atoms with Gasteiger partial charge in [-0.1, -0.05) is 50.1 Å². The fraction of sp³-hybridized carbons (Fsp3) is 0.429. The van der Waals surface area contributed by atoms with Crippen LogP contribution in [0.5, 0.6) is 0 Å². The molecule has 0 radical (unpaired) electrons. The van der Waals surface area contributed by atoms with Gasteiger partial charge in [-0.3, -0.25) is 4.79 Å². The molecule has 1 aliphatic rings. The van der Waals surface area contributed by atoms with Crippen molar-refractivity contribution in [2.45, 2.75) is 18.9 Å². The van der Waals surface area contributed by atoms with Gasteiger partial charge in [0.25, 0.3) is 0 Å². The third kappa shape index (κ3) is 3.41. The number of hydrogen-bond acceptors (Lipinski definition) is 2. The number of likely N-dealkylation sites (tertiary alicyclic amines) is 1. The molecule has 1 amide bonds.